The maximum Gasteiger partial charge on any atom is 0.457 e. The van der Waals surface area contributed by atoms with Gasteiger partial charge in [0.25, 0.3) is 0 Å². The van der Waals surface area contributed by atoms with Crippen LogP contribution in [0.4, 0.5) is 39.5 Å². The lowest BCUT2D eigenvalue weighted by Crippen LogP contribution is -2.62. The summed E-state index contributed by atoms with van der Waals surface area (Å²) in [4.78, 5) is 0. The quantitative estimate of drug-likeness (QED) is 0.662. The number of allylic oxidation sites excluding steroid dienone is 1. The van der Waals surface area contributed by atoms with Gasteiger partial charge < -0.3 is 0 Å². The van der Waals surface area contributed by atoms with Crippen LogP contribution in [0.5, 0.6) is 0 Å². The fourth-order valence-corrected chi connectivity index (χ4v) is 1.17. The van der Waals surface area contributed by atoms with Crippen LogP contribution >= 0.6 is 15.9 Å². The predicted octanol–water partition coefficient (Wildman–Crippen LogP) is 4.36. The fraction of sp³-hybridized carbons (Fsp3) is 0.667. The first-order valence-electron chi connectivity index (χ1n) is 3.24. The van der Waals surface area contributed by atoms with Crippen LogP contribution in [0.25, 0.3) is 0 Å². The summed E-state index contributed by atoms with van der Waals surface area (Å²) in [5.74, 6) is -6.64. The third kappa shape index (κ3) is 2.03. The van der Waals surface area contributed by atoms with E-state index in [1.807, 2.05) is 0 Å². The van der Waals surface area contributed by atoms with Crippen molar-refractivity contribution in [3.63, 3.8) is 0 Å². The lowest BCUT2D eigenvalue weighted by atomic mass is 9.96. The van der Waals surface area contributed by atoms with E-state index in [-0.39, 0.29) is 0 Å². The van der Waals surface area contributed by atoms with E-state index >= 15 is 0 Å². The van der Waals surface area contributed by atoms with Crippen LogP contribution in [-0.2, 0) is 0 Å². The molecule has 16 heavy (non-hydrogen) atoms. The second kappa shape index (κ2) is 3.81. The van der Waals surface area contributed by atoms with Gasteiger partial charge in [0, 0.05) is 4.48 Å². The van der Waals surface area contributed by atoms with Crippen molar-refractivity contribution < 1.29 is 39.5 Å². The molecule has 0 rings (SSSR count). The normalized spacial score (nSPS) is 18.1. The molecule has 0 aromatic carbocycles. The molecule has 0 aliphatic carbocycles. The lowest BCUT2D eigenvalue weighted by Gasteiger charge is -2.35. The molecule has 0 aliphatic heterocycles. The molecule has 0 unspecified atom stereocenters. The predicted molar refractivity (Wildman–Crippen MR) is 39.0 cm³/mol. The average Bonchev–Trinajstić information content (AvgIpc) is 1.97. The number of hydrogen-bond acceptors (Lipinski definition) is 0. The summed E-state index contributed by atoms with van der Waals surface area (Å²) in [6.07, 6.45) is -13.2. The SMILES string of the molecule is C=C(Br)[C@@](F)(C(F)(F)F)C(F)(F)C(F)(F)F. The number of alkyl halides is 9. The molecule has 0 aromatic rings. The Balaban J connectivity index is 5.85. The Morgan fingerprint density at radius 1 is 0.750 bits per heavy atom. The van der Waals surface area contributed by atoms with Crippen LogP contribution in [0.1, 0.15) is 0 Å². The van der Waals surface area contributed by atoms with Crippen molar-refractivity contribution in [3.05, 3.63) is 11.1 Å². The lowest BCUT2D eigenvalue weighted by molar-refractivity contribution is -0.370. The van der Waals surface area contributed by atoms with E-state index in [0.29, 0.717) is 0 Å². The highest BCUT2D eigenvalue weighted by Crippen LogP contribution is 2.56. The van der Waals surface area contributed by atoms with E-state index in [0.717, 1.165) is 0 Å². The molecular weight excluding hydrogens is 323 g/mol. The molecular formula is C6H2BrF9. The van der Waals surface area contributed by atoms with E-state index in [2.05, 4.69) is 6.58 Å². The van der Waals surface area contributed by atoms with Gasteiger partial charge in [-0.3, -0.25) is 0 Å². The maximum atomic E-state index is 13.0. The highest BCUT2D eigenvalue weighted by atomic mass is 79.9. The Labute approximate surface area is 91.2 Å². The van der Waals surface area contributed by atoms with Gasteiger partial charge in [-0.05, 0) is 0 Å². The Morgan fingerprint density at radius 3 is 1.12 bits per heavy atom. The summed E-state index contributed by atoms with van der Waals surface area (Å²) >= 11 is 1.59. The van der Waals surface area contributed by atoms with Crippen LogP contribution in [0, 0.1) is 0 Å². The summed E-state index contributed by atoms with van der Waals surface area (Å²) in [7, 11) is 0. The highest BCUT2D eigenvalue weighted by Gasteiger charge is 2.82. The molecule has 0 aromatic heterocycles. The van der Waals surface area contributed by atoms with Gasteiger partial charge in [0.15, 0.2) is 0 Å². The molecule has 0 spiro atoms. The molecule has 0 aliphatic rings. The van der Waals surface area contributed by atoms with Gasteiger partial charge in [-0.25, -0.2) is 4.39 Å². The van der Waals surface area contributed by atoms with Crippen LogP contribution in [-0.4, -0.2) is 23.9 Å². The minimum absolute atomic E-state index is 1.59. The molecule has 0 fully saturated rings. The smallest absolute Gasteiger partial charge is 0.221 e. The van der Waals surface area contributed by atoms with E-state index < -0.39 is 28.4 Å². The van der Waals surface area contributed by atoms with E-state index in [1.54, 1.807) is 15.9 Å². The van der Waals surface area contributed by atoms with Crippen molar-refractivity contribution in [2.75, 3.05) is 0 Å². The summed E-state index contributed by atoms with van der Waals surface area (Å²) in [6.45, 7) is 2.12. The summed E-state index contributed by atoms with van der Waals surface area (Å²) in [5.41, 5.74) is -5.92. The number of halogens is 10. The molecule has 0 radical (unpaired) electrons. The van der Waals surface area contributed by atoms with Gasteiger partial charge in [-0.1, -0.05) is 22.5 Å². The Bertz CT molecular complexity index is 287. The van der Waals surface area contributed by atoms with Crippen LogP contribution in [0.2, 0.25) is 0 Å². The van der Waals surface area contributed by atoms with Crippen LogP contribution < -0.4 is 0 Å². The molecule has 0 heterocycles. The molecule has 0 N–H and O–H groups in total. The van der Waals surface area contributed by atoms with Crippen LogP contribution in [0.3, 0.4) is 0 Å². The standard InChI is InChI=1S/C6H2BrF9/c1-2(7)3(8,5(11,12)13)4(9,10)6(14,15)16/h1H2/t3-/m0/s1. The van der Waals surface area contributed by atoms with E-state index in [4.69, 9.17) is 0 Å². The molecule has 0 saturated heterocycles. The molecule has 1 atom stereocenters. The zero-order chi connectivity index (χ0) is 13.6. The van der Waals surface area contributed by atoms with Gasteiger partial charge in [0.1, 0.15) is 0 Å². The van der Waals surface area contributed by atoms with Crippen molar-refractivity contribution in [2.24, 2.45) is 0 Å². The first-order chi connectivity index (χ1) is 6.69. The molecule has 0 saturated carbocycles. The highest BCUT2D eigenvalue weighted by molar-refractivity contribution is 9.11. The van der Waals surface area contributed by atoms with Crippen molar-refractivity contribution in [1.29, 1.82) is 0 Å². The van der Waals surface area contributed by atoms with Crippen molar-refractivity contribution in [3.8, 4) is 0 Å². The zero-order valence-corrected chi connectivity index (χ0v) is 8.57. The summed E-state index contributed by atoms with van der Waals surface area (Å²) < 4.78 is 106. The second-order valence-electron chi connectivity index (χ2n) is 2.63. The Kier molecular flexibility index (Phi) is 3.71. The largest absolute Gasteiger partial charge is 0.457 e. The average molecular weight is 325 g/mol. The number of rotatable bonds is 2. The molecule has 0 bridgehead atoms. The first kappa shape index (κ1) is 15.6. The van der Waals surface area contributed by atoms with Crippen molar-refractivity contribution >= 4 is 15.9 Å². The van der Waals surface area contributed by atoms with Crippen LogP contribution in [0.15, 0.2) is 11.1 Å². The third-order valence-corrected chi connectivity index (χ3v) is 2.10. The molecule has 0 amide bonds. The molecule has 96 valence electrons. The van der Waals surface area contributed by atoms with E-state index in [9.17, 15) is 39.5 Å². The van der Waals surface area contributed by atoms with Gasteiger partial charge in [0.2, 0.25) is 0 Å². The fourth-order valence-electron chi connectivity index (χ4n) is 0.697. The molecule has 10 heteroatoms. The van der Waals surface area contributed by atoms with E-state index in [1.165, 1.54) is 0 Å². The number of hydrogen-bond donors (Lipinski definition) is 0. The monoisotopic (exact) mass is 324 g/mol. The first-order valence-corrected chi connectivity index (χ1v) is 4.04. The maximum absolute atomic E-state index is 13.0. The Morgan fingerprint density at radius 2 is 1.06 bits per heavy atom. The third-order valence-electron chi connectivity index (χ3n) is 1.55. The summed E-state index contributed by atoms with van der Waals surface area (Å²) in [6, 6.07) is 0. The summed E-state index contributed by atoms with van der Waals surface area (Å²) in [5, 5.41) is 0. The minimum Gasteiger partial charge on any atom is -0.221 e. The minimum atomic E-state index is -6.70. The topological polar surface area (TPSA) is 0 Å². The van der Waals surface area contributed by atoms with Gasteiger partial charge in [-0.15, -0.1) is 0 Å². The van der Waals surface area contributed by atoms with Gasteiger partial charge >= 0.3 is 23.9 Å². The van der Waals surface area contributed by atoms with Gasteiger partial charge in [0.05, 0.1) is 0 Å². The second-order valence-corrected chi connectivity index (χ2v) is 3.59. The van der Waals surface area contributed by atoms with Gasteiger partial charge in [-0.2, -0.15) is 35.1 Å². The van der Waals surface area contributed by atoms with Crippen molar-refractivity contribution in [1.82, 2.24) is 0 Å². The Hall–Kier alpha value is -0.410. The van der Waals surface area contributed by atoms with Crippen molar-refractivity contribution in [2.45, 2.75) is 23.9 Å². The molecule has 0 nitrogen and oxygen atoms in total. The zero-order valence-electron chi connectivity index (χ0n) is 6.99.